The zero-order chi connectivity index (χ0) is 12.3. The number of anilines is 2. The van der Waals surface area contributed by atoms with Gasteiger partial charge in [-0.15, -0.1) is 0 Å². The molecule has 0 heterocycles. The molecule has 0 saturated heterocycles. The average molecular weight is 225 g/mol. The third-order valence-corrected chi connectivity index (χ3v) is 1.96. The van der Waals surface area contributed by atoms with Crippen LogP contribution in [0.15, 0.2) is 12.1 Å². The highest BCUT2D eigenvalue weighted by Gasteiger charge is 2.17. The predicted octanol–water partition coefficient (Wildman–Crippen LogP) is 2.01. The van der Waals surface area contributed by atoms with Gasteiger partial charge in [0.25, 0.3) is 5.69 Å². The number of nitrogen functional groups attached to an aromatic ring is 1. The van der Waals surface area contributed by atoms with Gasteiger partial charge in [0.1, 0.15) is 11.4 Å². The van der Waals surface area contributed by atoms with Crippen LogP contribution >= 0.6 is 0 Å². The minimum absolute atomic E-state index is 0.0338. The van der Waals surface area contributed by atoms with Crippen LogP contribution < -0.4 is 15.8 Å². The van der Waals surface area contributed by atoms with Crippen molar-refractivity contribution in [3.8, 4) is 5.75 Å². The summed E-state index contributed by atoms with van der Waals surface area (Å²) in [4.78, 5) is 10.3. The lowest BCUT2D eigenvalue weighted by molar-refractivity contribution is -0.383. The number of nitrogens with zero attached hydrogens (tertiary/aromatic N) is 1. The molecule has 0 atom stereocenters. The third kappa shape index (κ3) is 2.53. The minimum Gasteiger partial charge on any atom is -0.489 e. The number of rotatable bonds is 4. The summed E-state index contributed by atoms with van der Waals surface area (Å²) in [6.07, 6.45) is -0.0338. The Labute approximate surface area is 93.5 Å². The number of ether oxygens (including phenoxy) is 1. The quantitative estimate of drug-likeness (QED) is 0.464. The Morgan fingerprint density at radius 3 is 2.56 bits per heavy atom. The van der Waals surface area contributed by atoms with Crippen LogP contribution in [-0.2, 0) is 0 Å². The summed E-state index contributed by atoms with van der Waals surface area (Å²) in [6.45, 7) is 3.72. The Morgan fingerprint density at radius 1 is 1.50 bits per heavy atom. The third-order valence-electron chi connectivity index (χ3n) is 1.96. The van der Waals surface area contributed by atoms with E-state index in [0.717, 1.165) is 0 Å². The van der Waals surface area contributed by atoms with Gasteiger partial charge in [-0.2, -0.15) is 0 Å². The van der Waals surface area contributed by atoms with E-state index in [0.29, 0.717) is 11.4 Å². The van der Waals surface area contributed by atoms with E-state index in [4.69, 9.17) is 10.5 Å². The zero-order valence-corrected chi connectivity index (χ0v) is 9.48. The molecule has 16 heavy (non-hydrogen) atoms. The number of nitrogens with two attached hydrogens (primary N) is 1. The number of benzene rings is 1. The first kappa shape index (κ1) is 12.1. The van der Waals surface area contributed by atoms with Crippen molar-refractivity contribution >= 4 is 17.1 Å². The first-order chi connectivity index (χ1) is 7.45. The van der Waals surface area contributed by atoms with Gasteiger partial charge in [0, 0.05) is 19.2 Å². The van der Waals surface area contributed by atoms with Gasteiger partial charge in [-0.3, -0.25) is 10.1 Å². The molecule has 6 heteroatoms. The summed E-state index contributed by atoms with van der Waals surface area (Å²) in [5, 5.41) is 13.5. The Balaban J connectivity index is 3.20. The van der Waals surface area contributed by atoms with Crippen LogP contribution in [0, 0.1) is 10.1 Å². The normalized spacial score (nSPS) is 10.2. The molecule has 0 amide bonds. The number of nitrogens with one attached hydrogen (secondary N) is 1. The lowest BCUT2D eigenvalue weighted by atomic mass is 10.2. The van der Waals surface area contributed by atoms with E-state index in [1.807, 2.05) is 13.8 Å². The molecule has 88 valence electrons. The lowest BCUT2D eigenvalue weighted by Crippen LogP contribution is -2.08. The molecule has 6 nitrogen and oxygen atoms in total. The molecule has 1 aromatic carbocycles. The van der Waals surface area contributed by atoms with Gasteiger partial charge >= 0.3 is 0 Å². The molecule has 0 unspecified atom stereocenters. The minimum atomic E-state index is -0.485. The largest absolute Gasteiger partial charge is 0.489 e. The monoisotopic (exact) mass is 225 g/mol. The molecule has 1 rings (SSSR count). The highest BCUT2D eigenvalue weighted by Crippen LogP contribution is 2.34. The van der Waals surface area contributed by atoms with Gasteiger partial charge in [0.2, 0.25) is 0 Å². The van der Waals surface area contributed by atoms with Crippen LogP contribution in [0.4, 0.5) is 17.1 Å². The molecular weight excluding hydrogens is 210 g/mol. The van der Waals surface area contributed by atoms with Crippen LogP contribution in [0.25, 0.3) is 0 Å². The van der Waals surface area contributed by atoms with Crippen LogP contribution in [0.3, 0.4) is 0 Å². The Bertz CT molecular complexity index is 405. The summed E-state index contributed by atoms with van der Waals surface area (Å²) in [5.74, 6) is 0.449. The first-order valence-electron chi connectivity index (χ1n) is 4.88. The number of nitro benzene ring substituents is 1. The van der Waals surface area contributed by atoms with E-state index in [1.54, 1.807) is 7.05 Å². The molecular formula is C10H15N3O3. The van der Waals surface area contributed by atoms with Crippen LogP contribution in [0.1, 0.15) is 13.8 Å². The van der Waals surface area contributed by atoms with Crippen molar-refractivity contribution in [1.29, 1.82) is 0 Å². The second-order valence-corrected chi connectivity index (χ2v) is 3.58. The van der Waals surface area contributed by atoms with E-state index in [1.165, 1.54) is 12.1 Å². The predicted molar refractivity (Wildman–Crippen MR) is 62.8 cm³/mol. The van der Waals surface area contributed by atoms with Gasteiger partial charge < -0.3 is 15.8 Å². The summed E-state index contributed by atoms with van der Waals surface area (Å²) in [5.41, 5.74) is 6.26. The van der Waals surface area contributed by atoms with Gasteiger partial charge in [-0.05, 0) is 13.8 Å². The molecule has 0 bridgehead atoms. The molecule has 0 aliphatic carbocycles. The lowest BCUT2D eigenvalue weighted by Gasteiger charge is -2.13. The van der Waals surface area contributed by atoms with Crippen molar-refractivity contribution in [2.45, 2.75) is 20.0 Å². The van der Waals surface area contributed by atoms with E-state index in [-0.39, 0.29) is 17.5 Å². The standard InChI is InChI=1S/C10H15N3O3/c1-6(2)16-10-5-8(12-3)9(13(14)15)4-7(10)11/h4-6,12H,11H2,1-3H3. The average Bonchev–Trinajstić information content (AvgIpc) is 2.19. The fourth-order valence-electron chi connectivity index (χ4n) is 1.29. The summed E-state index contributed by atoms with van der Waals surface area (Å²) in [7, 11) is 1.61. The van der Waals surface area contributed by atoms with Gasteiger partial charge in [0.15, 0.2) is 0 Å². The van der Waals surface area contributed by atoms with E-state index >= 15 is 0 Å². The number of nitro groups is 1. The van der Waals surface area contributed by atoms with Crippen molar-refractivity contribution in [2.24, 2.45) is 0 Å². The highest BCUT2D eigenvalue weighted by atomic mass is 16.6. The summed E-state index contributed by atoms with van der Waals surface area (Å²) >= 11 is 0. The molecule has 3 N–H and O–H groups in total. The highest BCUT2D eigenvalue weighted by molar-refractivity contribution is 5.72. The van der Waals surface area contributed by atoms with Crippen molar-refractivity contribution in [1.82, 2.24) is 0 Å². The SMILES string of the molecule is CNc1cc(OC(C)C)c(N)cc1[N+](=O)[O-]. The fraction of sp³-hybridized carbons (Fsp3) is 0.400. The zero-order valence-electron chi connectivity index (χ0n) is 9.48. The second kappa shape index (κ2) is 4.69. The van der Waals surface area contributed by atoms with Crippen molar-refractivity contribution in [3.63, 3.8) is 0 Å². The van der Waals surface area contributed by atoms with Gasteiger partial charge in [-0.25, -0.2) is 0 Å². The van der Waals surface area contributed by atoms with Gasteiger partial charge in [-0.1, -0.05) is 0 Å². The van der Waals surface area contributed by atoms with E-state index in [2.05, 4.69) is 5.32 Å². The van der Waals surface area contributed by atoms with Crippen LogP contribution in [0.5, 0.6) is 5.75 Å². The Hall–Kier alpha value is -1.98. The molecule has 0 fully saturated rings. The maximum absolute atomic E-state index is 10.7. The second-order valence-electron chi connectivity index (χ2n) is 3.58. The maximum atomic E-state index is 10.7. The Morgan fingerprint density at radius 2 is 2.12 bits per heavy atom. The van der Waals surface area contributed by atoms with Gasteiger partial charge in [0.05, 0.1) is 16.7 Å². The summed E-state index contributed by atoms with van der Waals surface area (Å²) < 4.78 is 5.43. The van der Waals surface area contributed by atoms with Crippen molar-refractivity contribution in [3.05, 3.63) is 22.2 Å². The Kier molecular flexibility index (Phi) is 3.55. The van der Waals surface area contributed by atoms with Crippen molar-refractivity contribution < 1.29 is 9.66 Å². The molecule has 0 saturated carbocycles. The van der Waals surface area contributed by atoms with E-state index < -0.39 is 4.92 Å². The molecule has 0 radical (unpaired) electrons. The van der Waals surface area contributed by atoms with Crippen LogP contribution in [-0.4, -0.2) is 18.1 Å². The first-order valence-corrected chi connectivity index (χ1v) is 4.88. The molecule has 0 aliphatic heterocycles. The number of hydrogen-bond donors (Lipinski definition) is 2. The van der Waals surface area contributed by atoms with E-state index in [9.17, 15) is 10.1 Å². The number of hydrogen-bond acceptors (Lipinski definition) is 5. The maximum Gasteiger partial charge on any atom is 0.294 e. The molecule has 1 aromatic rings. The molecule has 0 aliphatic rings. The fourth-order valence-corrected chi connectivity index (χ4v) is 1.29. The molecule has 0 spiro atoms. The van der Waals surface area contributed by atoms with Crippen LogP contribution in [0.2, 0.25) is 0 Å². The summed E-state index contributed by atoms with van der Waals surface area (Å²) in [6, 6.07) is 2.83. The van der Waals surface area contributed by atoms with Crippen molar-refractivity contribution in [2.75, 3.05) is 18.1 Å². The molecule has 0 aromatic heterocycles. The topological polar surface area (TPSA) is 90.4 Å². The smallest absolute Gasteiger partial charge is 0.294 e.